The fourth-order valence-electron chi connectivity index (χ4n) is 2.26. The molecule has 0 bridgehead atoms. The monoisotopic (exact) mass is 322 g/mol. The zero-order valence-electron chi connectivity index (χ0n) is 13.7. The van der Waals surface area contributed by atoms with Gasteiger partial charge in [0.2, 0.25) is 5.78 Å². The van der Waals surface area contributed by atoms with E-state index in [1.807, 2.05) is 6.07 Å². The number of allylic oxidation sites excluding steroid dienone is 1. The van der Waals surface area contributed by atoms with Crippen molar-refractivity contribution in [2.45, 2.75) is 45.3 Å². The first-order valence-corrected chi connectivity index (χ1v) is 7.53. The van der Waals surface area contributed by atoms with Crippen molar-refractivity contribution in [3.8, 4) is 0 Å². The van der Waals surface area contributed by atoms with E-state index < -0.39 is 23.2 Å². The van der Waals surface area contributed by atoms with Crippen molar-refractivity contribution < 1.29 is 18.3 Å². The van der Waals surface area contributed by atoms with Gasteiger partial charge in [-0.15, -0.1) is 13.2 Å². The summed E-state index contributed by atoms with van der Waals surface area (Å²) in [5, 5.41) is 0. The Labute approximate surface area is 136 Å². The van der Waals surface area contributed by atoms with Crippen molar-refractivity contribution in [2.75, 3.05) is 0 Å². The molecular weight excluding hydrogens is 298 g/mol. The zero-order valence-corrected chi connectivity index (χ0v) is 13.7. The third-order valence-corrected chi connectivity index (χ3v) is 3.55. The van der Waals surface area contributed by atoms with Gasteiger partial charge in [0.05, 0.1) is 6.61 Å². The Kier molecular flexibility index (Phi) is 6.82. The van der Waals surface area contributed by atoms with Crippen LogP contribution >= 0.6 is 0 Å². The van der Waals surface area contributed by atoms with E-state index in [-0.39, 0.29) is 13.0 Å². The van der Waals surface area contributed by atoms with Crippen molar-refractivity contribution in [1.29, 1.82) is 0 Å². The van der Waals surface area contributed by atoms with Gasteiger partial charge in [0.15, 0.2) is 0 Å². The maximum atomic E-state index is 14.4. The molecule has 1 aromatic carbocycles. The third kappa shape index (κ3) is 5.71. The van der Waals surface area contributed by atoms with E-state index in [1.54, 1.807) is 44.2 Å². The van der Waals surface area contributed by atoms with Crippen LogP contribution in [0.1, 0.15) is 32.3 Å². The topological polar surface area (TPSA) is 26.3 Å². The van der Waals surface area contributed by atoms with Crippen LogP contribution < -0.4 is 0 Å². The summed E-state index contributed by atoms with van der Waals surface area (Å²) in [6.07, 6.45) is 1.21. The summed E-state index contributed by atoms with van der Waals surface area (Å²) in [5.74, 6) is -4.74. The van der Waals surface area contributed by atoms with E-state index in [0.29, 0.717) is 6.42 Å². The van der Waals surface area contributed by atoms with Gasteiger partial charge in [0, 0.05) is 6.42 Å². The van der Waals surface area contributed by atoms with Gasteiger partial charge in [-0.3, -0.25) is 4.79 Å². The SMILES string of the molecule is C=CCC(C)(C)CC(=O)C(F)(F)C(C=C)OCc1ccccc1. The Bertz CT molecular complexity index is 536. The quantitative estimate of drug-likeness (QED) is 0.569. The molecule has 0 aromatic heterocycles. The minimum absolute atomic E-state index is 0.00352. The predicted octanol–water partition coefficient (Wildman–Crippen LogP) is 4.95. The molecule has 1 aromatic rings. The van der Waals surface area contributed by atoms with Crippen molar-refractivity contribution in [2.24, 2.45) is 5.41 Å². The minimum Gasteiger partial charge on any atom is -0.363 e. The molecule has 126 valence electrons. The molecular formula is C19H24F2O2. The van der Waals surface area contributed by atoms with Crippen LogP contribution in [0.2, 0.25) is 0 Å². The number of rotatable bonds is 10. The number of halogens is 2. The van der Waals surface area contributed by atoms with Crippen LogP contribution in [0, 0.1) is 5.41 Å². The van der Waals surface area contributed by atoms with Crippen LogP contribution in [0.15, 0.2) is 55.6 Å². The molecule has 1 unspecified atom stereocenters. The van der Waals surface area contributed by atoms with E-state index >= 15 is 0 Å². The van der Waals surface area contributed by atoms with Gasteiger partial charge in [-0.25, -0.2) is 0 Å². The Morgan fingerprint density at radius 2 is 1.87 bits per heavy atom. The van der Waals surface area contributed by atoms with Crippen LogP contribution in [0.25, 0.3) is 0 Å². The molecule has 0 N–H and O–H groups in total. The fraction of sp³-hybridized carbons (Fsp3) is 0.421. The number of carbonyl (C=O) groups is 1. The van der Waals surface area contributed by atoms with Gasteiger partial charge >= 0.3 is 5.92 Å². The van der Waals surface area contributed by atoms with Crippen LogP contribution in [0.5, 0.6) is 0 Å². The molecule has 0 fully saturated rings. The van der Waals surface area contributed by atoms with Crippen molar-refractivity contribution >= 4 is 5.78 Å². The van der Waals surface area contributed by atoms with Crippen LogP contribution in [-0.2, 0) is 16.1 Å². The largest absolute Gasteiger partial charge is 0.363 e. The molecule has 4 heteroatoms. The lowest BCUT2D eigenvalue weighted by Gasteiger charge is -2.28. The minimum atomic E-state index is -3.60. The molecule has 0 saturated carbocycles. The average Bonchev–Trinajstić information content (AvgIpc) is 2.48. The summed E-state index contributed by atoms with van der Waals surface area (Å²) in [6.45, 7) is 10.5. The lowest BCUT2D eigenvalue weighted by Crippen LogP contribution is -2.43. The number of benzene rings is 1. The fourth-order valence-corrected chi connectivity index (χ4v) is 2.26. The first kappa shape index (κ1) is 19.2. The molecule has 0 heterocycles. The Morgan fingerprint density at radius 1 is 1.26 bits per heavy atom. The van der Waals surface area contributed by atoms with Crippen LogP contribution in [0.3, 0.4) is 0 Å². The van der Waals surface area contributed by atoms with Gasteiger partial charge in [-0.2, -0.15) is 8.78 Å². The summed E-state index contributed by atoms with van der Waals surface area (Å²) in [6, 6.07) is 8.96. The number of hydrogen-bond donors (Lipinski definition) is 0. The highest BCUT2D eigenvalue weighted by atomic mass is 19.3. The number of ether oxygens (including phenoxy) is 1. The second-order valence-electron chi connectivity index (χ2n) is 6.33. The Hall–Kier alpha value is -1.81. The average molecular weight is 322 g/mol. The van der Waals surface area contributed by atoms with Gasteiger partial charge < -0.3 is 4.74 Å². The predicted molar refractivity (Wildman–Crippen MR) is 88.4 cm³/mol. The molecule has 2 nitrogen and oxygen atoms in total. The normalized spacial score (nSPS) is 13.4. The van der Waals surface area contributed by atoms with E-state index in [4.69, 9.17) is 4.74 Å². The van der Waals surface area contributed by atoms with Crippen molar-refractivity contribution in [1.82, 2.24) is 0 Å². The van der Waals surface area contributed by atoms with Crippen molar-refractivity contribution in [3.05, 3.63) is 61.2 Å². The van der Waals surface area contributed by atoms with Crippen molar-refractivity contribution in [3.63, 3.8) is 0 Å². The number of Topliss-reactive ketones (excluding diaryl/α,β-unsaturated/α-hetero) is 1. The molecule has 0 amide bonds. The number of hydrogen-bond acceptors (Lipinski definition) is 2. The smallest absolute Gasteiger partial charge is 0.334 e. The molecule has 0 aliphatic carbocycles. The standard InChI is InChI=1S/C19H24F2O2/c1-5-12-18(3,4)13-16(22)19(20,21)17(6-2)23-14-15-10-8-7-9-11-15/h5-11,17H,1-2,12-14H2,3-4H3. The first-order chi connectivity index (χ1) is 10.7. The van der Waals surface area contributed by atoms with Crippen LogP contribution in [-0.4, -0.2) is 17.8 Å². The Morgan fingerprint density at radius 3 is 2.39 bits per heavy atom. The van der Waals surface area contributed by atoms with Gasteiger partial charge in [0.25, 0.3) is 0 Å². The van der Waals surface area contributed by atoms with Gasteiger partial charge in [-0.1, -0.05) is 56.3 Å². The van der Waals surface area contributed by atoms with E-state index in [2.05, 4.69) is 13.2 Å². The molecule has 1 atom stereocenters. The highest BCUT2D eigenvalue weighted by molar-refractivity contribution is 5.87. The van der Waals surface area contributed by atoms with Gasteiger partial charge in [-0.05, 0) is 17.4 Å². The lowest BCUT2D eigenvalue weighted by atomic mass is 9.82. The van der Waals surface area contributed by atoms with E-state index in [9.17, 15) is 13.6 Å². The number of alkyl halides is 2. The lowest BCUT2D eigenvalue weighted by molar-refractivity contribution is -0.165. The highest BCUT2D eigenvalue weighted by Crippen LogP contribution is 2.33. The maximum Gasteiger partial charge on any atom is 0.334 e. The van der Waals surface area contributed by atoms with Gasteiger partial charge in [0.1, 0.15) is 6.10 Å². The maximum absolute atomic E-state index is 14.4. The number of carbonyl (C=O) groups excluding carboxylic acids is 1. The van der Waals surface area contributed by atoms with E-state index in [0.717, 1.165) is 11.6 Å². The number of ketones is 1. The molecule has 23 heavy (non-hydrogen) atoms. The summed E-state index contributed by atoms with van der Waals surface area (Å²) in [5.41, 5.74) is 0.197. The summed E-state index contributed by atoms with van der Waals surface area (Å²) < 4.78 is 34.0. The Balaban J connectivity index is 2.75. The van der Waals surface area contributed by atoms with Crippen LogP contribution in [0.4, 0.5) is 8.78 Å². The van der Waals surface area contributed by atoms with E-state index in [1.165, 1.54) is 0 Å². The second kappa shape index (κ2) is 8.16. The first-order valence-electron chi connectivity index (χ1n) is 7.53. The molecule has 0 saturated heterocycles. The molecule has 1 rings (SSSR count). The summed E-state index contributed by atoms with van der Waals surface area (Å²) in [4.78, 5) is 12.1. The summed E-state index contributed by atoms with van der Waals surface area (Å²) >= 11 is 0. The zero-order chi connectivity index (χ0) is 17.5. The molecule has 0 aliphatic rings. The molecule has 0 radical (unpaired) electrons. The summed E-state index contributed by atoms with van der Waals surface area (Å²) in [7, 11) is 0. The second-order valence-corrected chi connectivity index (χ2v) is 6.33. The highest BCUT2D eigenvalue weighted by Gasteiger charge is 2.47. The third-order valence-electron chi connectivity index (χ3n) is 3.55. The molecule has 0 spiro atoms. The molecule has 0 aliphatic heterocycles.